The number of fused-ring (bicyclic) bond motifs is 1. The quantitative estimate of drug-likeness (QED) is 0.849. The summed E-state index contributed by atoms with van der Waals surface area (Å²) in [4.78, 5) is 0.240. The zero-order valence-electron chi connectivity index (χ0n) is 10.1. The van der Waals surface area contributed by atoms with Crippen molar-refractivity contribution < 1.29 is 13.2 Å². The van der Waals surface area contributed by atoms with Crippen molar-refractivity contribution >= 4 is 26.0 Å². The Labute approximate surface area is 120 Å². The Hall–Kier alpha value is -0.470. The Kier molecular flexibility index (Phi) is 3.43. The molecule has 3 N–H and O–H groups in total. The van der Waals surface area contributed by atoms with Gasteiger partial charge in [-0.2, -0.15) is 0 Å². The fourth-order valence-electron chi connectivity index (χ4n) is 2.76. The van der Waals surface area contributed by atoms with E-state index in [9.17, 15) is 8.42 Å². The van der Waals surface area contributed by atoms with Crippen molar-refractivity contribution in [1.29, 1.82) is 0 Å². The average molecular weight is 347 g/mol. The van der Waals surface area contributed by atoms with Gasteiger partial charge in [-0.25, -0.2) is 13.1 Å². The minimum atomic E-state index is -3.54. The molecule has 19 heavy (non-hydrogen) atoms. The van der Waals surface area contributed by atoms with E-state index in [4.69, 9.17) is 10.5 Å². The van der Waals surface area contributed by atoms with E-state index in [1.807, 2.05) is 0 Å². The summed E-state index contributed by atoms with van der Waals surface area (Å²) in [5, 5.41) is 0. The van der Waals surface area contributed by atoms with Gasteiger partial charge in [0.25, 0.3) is 0 Å². The van der Waals surface area contributed by atoms with E-state index in [-0.39, 0.29) is 29.0 Å². The molecule has 1 saturated heterocycles. The predicted octanol–water partition coefficient (Wildman–Crippen LogP) is 0.842. The van der Waals surface area contributed by atoms with Gasteiger partial charge in [-0.15, -0.1) is 0 Å². The molecule has 104 valence electrons. The van der Waals surface area contributed by atoms with E-state index in [0.717, 1.165) is 10.9 Å². The molecule has 5 nitrogen and oxygen atoms in total. The monoisotopic (exact) mass is 346 g/mol. The molecule has 1 heterocycles. The fraction of sp³-hybridized carbons (Fsp3) is 0.500. The molecule has 0 bridgehead atoms. The molecule has 4 atom stereocenters. The second-order valence-electron chi connectivity index (χ2n) is 4.97. The van der Waals surface area contributed by atoms with Crippen LogP contribution in [0.3, 0.4) is 0 Å². The molecule has 7 heteroatoms. The highest BCUT2D eigenvalue weighted by atomic mass is 79.9. The average Bonchev–Trinajstić information content (AvgIpc) is 2.81. The van der Waals surface area contributed by atoms with Crippen molar-refractivity contribution in [3.63, 3.8) is 0 Å². The van der Waals surface area contributed by atoms with Gasteiger partial charge in [0.1, 0.15) is 0 Å². The highest BCUT2D eigenvalue weighted by Crippen LogP contribution is 2.38. The fourth-order valence-corrected chi connectivity index (χ4v) is 4.30. The molecule has 1 aromatic rings. The molecule has 2 fully saturated rings. The summed E-state index contributed by atoms with van der Waals surface area (Å²) in [6.07, 6.45) is 0.850. The molecule has 3 rings (SSSR count). The van der Waals surface area contributed by atoms with Gasteiger partial charge in [0.2, 0.25) is 10.0 Å². The first-order chi connectivity index (χ1) is 8.99. The third kappa shape index (κ3) is 2.34. The van der Waals surface area contributed by atoms with E-state index in [1.165, 1.54) is 0 Å². The number of nitrogens with one attached hydrogen (secondary N) is 1. The first kappa shape index (κ1) is 13.5. The van der Waals surface area contributed by atoms with Gasteiger partial charge in [-0.1, -0.05) is 15.9 Å². The van der Waals surface area contributed by atoms with Crippen LogP contribution in [0.1, 0.15) is 6.42 Å². The molecular weight excluding hydrogens is 332 g/mol. The Bertz CT molecular complexity index is 575. The highest BCUT2D eigenvalue weighted by Gasteiger charge is 2.53. The third-order valence-corrected chi connectivity index (χ3v) is 5.87. The topological polar surface area (TPSA) is 81.4 Å². The summed E-state index contributed by atoms with van der Waals surface area (Å²) in [7, 11) is -3.54. The molecule has 0 radical (unpaired) electrons. The number of ether oxygens (including phenoxy) is 1. The van der Waals surface area contributed by atoms with Crippen LogP contribution < -0.4 is 10.5 Å². The summed E-state index contributed by atoms with van der Waals surface area (Å²) < 4.78 is 33.5. The third-order valence-electron chi connectivity index (χ3n) is 3.86. The first-order valence-corrected chi connectivity index (χ1v) is 8.42. The number of halogens is 1. The van der Waals surface area contributed by atoms with Crippen LogP contribution in [0.2, 0.25) is 0 Å². The largest absolute Gasteiger partial charge is 0.376 e. The maximum atomic E-state index is 12.2. The molecule has 1 aliphatic heterocycles. The minimum Gasteiger partial charge on any atom is -0.376 e. The maximum Gasteiger partial charge on any atom is 0.240 e. The number of hydrogen-bond donors (Lipinski definition) is 2. The summed E-state index contributed by atoms with van der Waals surface area (Å²) in [6.45, 7) is 0.666. The molecule has 1 aromatic carbocycles. The second kappa shape index (κ2) is 4.82. The summed E-state index contributed by atoms with van der Waals surface area (Å²) >= 11 is 3.28. The molecule has 2 aliphatic rings. The van der Waals surface area contributed by atoms with Crippen molar-refractivity contribution in [2.75, 3.05) is 6.61 Å². The van der Waals surface area contributed by atoms with Crippen molar-refractivity contribution in [3.8, 4) is 0 Å². The standard InChI is InChI=1S/C12H15BrN2O3S/c13-7-1-3-8(4-2-7)19(16,17)15-11-10(14)9-5-6-18-12(9)11/h1-4,9-12,15H,5-6,14H2. The summed E-state index contributed by atoms with van der Waals surface area (Å²) in [5.74, 6) is 0.289. The number of benzene rings is 1. The number of rotatable bonds is 3. The first-order valence-electron chi connectivity index (χ1n) is 6.14. The van der Waals surface area contributed by atoms with E-state index in [1.54, 1.807) is 24.3 Å². The van der Waals surface area contributed by atoms with E-state index in [2.05, 4.69) is 20.7 Å². The molecule has 0 spiro atoms. The van der Waals surface area contributed by atoms with Crippen molar-refractivity contribution in [3.05, 3.63) is 28.7 Å². The van der Waals surface area contributed by atoms with E-state index in [0.29, 0.717) is 6.61 Å². The number of nitrogens with two attached hydrogens (primary N) is 1. The molecule has 4 unspecified atom stereocenters. The van der Waals surface area contributed by atoms with Crippen molar-refractivity contribution in [1.82, 2.24) is 4.72 Å². The summed E-state index contributed by atoms with van der Waals surface area (Å²) in [5.41, 5.74) is 6.00. The normalized spacial score (nSPS) is 33.8. The van der Waals surface area contributed by atoms with Gasteiger partial charge in [-0.3, -0.25) is 0 Å². The minimum absolute atomic E-state index is 0.0692. The van der Waals surface area contributed by atoms with Gasteiger partial charge in [-0.05, 0) is 30.7 Å². The van der Waals surface area contributed by atoms with Gasteiger partial charge in [0.05, 0.1) is 17.0 Å². The van der Waals surface area contributed by atoms with Crippen LogP contribution in [-0.2, 0) is 14.8 Å². The van der Waals surface area contributed by atoms with Crippen LogP contribution in [-0.4, -0.2) is 33.2 Å². The van der Waals surface area contributed by atoms with Crippen LogP contribution in [0.5, 0.6) is 0 Å². The lowest BCUT2D eigenvalue weighted by atomic mass is 9.73. The SMILES string of the molecule is NC1C2CCOC2C1NS(=O)(=O)c1ccc(Br)cc1. The number of hydrogen-bond acceptors (Lipinski definition) is 4. The zero-order valence-corrected chi connectivity index (χ0v) is 12.5. The second-order valence-corrected chi connectivity index (χ2v) is 7.60. The van der Waals surface area contributed by atoms with Gasteiger partial charge < -0.3 is 10.5 Å². The van der Waals surface area contributed by atoms with E-state index < -0.39 is 10.0 Å². The molecule has 1 aliphatic carbocycles. The van der Waals surface area contributed by atoms with Crippen LogP contribution in [0, 0.1) is 5.92 Å². The van der Waals surface area contributed by atoms with Crippen LogP contribution >= 0.6 is 15.9 Å². The maximum absolute atomic E-state index is 12.2. The lowest BCUT2D eigenvalue weighted by Crippen LogP contribution is -2.68. The van der Waals surface area contributed by atoms with Crippen LogP contribution in [0.25, 0.3) is 0 Å². The predicted molar refractivity (Wildman–Crippen MR) is 74.1 cm³/mol. The molecule has 1 saturated carbocycles. The Balaban J connectivity index is 1.77. The van der Waals surface area contributed by atoms with Gasteiger partial charge in [0, 0.05) is 23.0 Å². The lowest BCUT2D eigenvalue weighted by Gasteiger charge is -2.45. The van der Waals surface area contributed by atoms with Gasteiger partial charge in [0.15, 0.2) is 0 Å². The zero-order chi connectivity index (χ0) is 13.6. The van der Waals surface area contributed by atoms with Crippen molar-refractivity contribution in [2.24, 2.45) is 11.7 Å². The van der Waals surface area contributed by atoms with Crippen LogP contribution in [0.15, 0.2) is 33.6 Å². The highest BCUT2D eigenvalue weighted by molar-refractivity contribution is 9.10. The molecule has 0 amide bonds. The lowest BCUT2D eigenvalue weighted by molar-refractivity contribution is -0.00924. The molecule has 0 aromatic heterocycles. The van der Waals surface area contributed by atoms with Crippen LogP contribution in [0.4, 0.5) is 0 Å². The smallest absolute Gasteiger partial charge is 0.240 e. The van der Waals surface area contributed by atoms with Gasteiger partial charge >= 0.3 is 0 Å². The Morgan fingerprint density at radius 1 is 1.32 bits per heavy atom. The van der Waals surface area contributed by atoms with Crippen molar-refractivity contribution in [2.45, 2.75) is 29.5 Å². The number of sulfonamides is 1. The molecular formula is C12H15BrN2O3S. The summed E-state index contributed by atoms with van der Waals surface area (Å²) in [6, 6.07) is 6.04. The van der Waals surface area contributed by atoms with E-state index >= 15 is 0 Å². The Morgan fingerprint density at radius 3 is 2.68 bits per heavy atom. The Morgan fingerprint density at radius 2 is 2.00 bits per heavy atom.